The van der Waals surface area contributed by atoms with Crippen molar-refractivity contribution in [1.29, 1.82) is 0 Å². The molecule has 0 saturated heterocycles. The highest BCUT2D eigenvalue weighted by atomic mass is 32.1. The highest BCUT2D eigenvalue weighted by Gasteiger charge is 2.24. The molecule has 0 unspecified atom stereocenters. The molecular weight excluding hydrogens is 617 g/mol. The standard InChI is InChI=1S/C46H26S2/c1-2-13-29-25-30(22-21-27(29)11-1)41-32-15-5-7-17-34(32)42(35-18-8-6-16-33(35)41)44-43-37-19-9-10-20-39(37)47-40(43)26-38-36-24-23-28-12-3-4-14-31(28)45(36)48-46(38)44/h1-26H. The second-order valence-electron chi connectivity index (χ2n) is 12.8. The average molecular weight is 643 g/mol. The van der Waals surface area contributed by atoms with Gasteiger partial charge in [0.25, 0.3) is 0 Å². The Balaban J connectivity index is 1.37. The molecule has 2 heteroatoms. The van der Waals surface area contributed by atoms with E-state index in [1.807, 2.05) is 22.7 Å². The Labute approximate surface area is 284 Å². The van der Waals surface area contributed by atoms with Gasteiger partial charge in [0.15, 0.2) is 0 Å². The fourth-order valence-corrected chi connectivity index (χ4v) is 10.7. The summed E-state index contributed by atoms with van der Waals surface area (Å²) in [4.78, 5) is 0. The van der Waals surface area contributed by atoms with Gasteiger partial charge in [0.1, 0.15) is 0 Å². The highest BCUT2D eigenvalue weighted by molar-refractivity contribution is 7.28. The summed E-state index contributed by atoms with van der Waals surface area (Å²) >= 11 is 3.88. The minimum atomic E-state index is 1.25. The average Bonchev–Trinajstić information content (AvgIpc) is 3.71. The van der Waals surface area contributed by atoms with Crippen LogP contribution in [-0.4, -0.2) is 0 Å². The van der Waals surface area contributed by atoms with Crippen LogP contribution in [-0.2, 0) is 0 Å². The largest absolute Gasteiger partial charge is 0.135 e. The topological polar surface area (TPSA) is 0 Å². The number of hydrogen-bond donors (Lipinski definition) is 0. The minimum Gasteiger partial charge on any atom is -0.135 e. The zero-order valence-electron chi connectivity index (χ0n) is 25.8. The third-order valence-electron chi connectivity index (χ3n) is 10.2. The monoisotopic (exact) mass is 642 g/mol. The molecule has 2 heterocycles. The van der Waals surface area contributed by atoms with Crippen LogP contribution < -0.4 is 0 Å². The van der Waals surface area contributed by atoms with Gasteiger partial charge in [0.05, 0.1) is 0 Å². The number of fused-ring (bicyclic) bond motifs is 11. The van der Waals surface area contributed by atoms with Crippen molar-refractivity contribution < 1.29 is 0 Å². The normalized spacial score (nSPS) is 12.2. The maximum atomic E-state index is 2.47. The lowest BCUT2D eigenvalue weighted by Gasteiger charge is -2.19. The molecule has 11 rings (SSSR count). The van der Waals surface area contributed by atoms with E-state index in [9.17, 15) is 0 Å². The lowest BCUT2D eigenvalue weighted by atomic mass is 9.84. The summed E-state index contributed by atoms with van der Waals surface area (Å²) in [7, 11) is 0. The zero-order chi connectivity index (χ0) is 31.3. The summed E-state index contributed by atoms with van der Waals surface area (Å²) in [6.45, 7) is 0. The Morgan fingerprint density at radius 2 is 0.875 bits per heavy atom. The van der Waals surface area contributed by atoms with Crippen molar-refractivity contribution in [1.82, 2.24) is 0 Å². The van der Waals surface area contributed by atoms with E-state index in [2.05, 4.69) is 158 Å². The van der Waals surface area contributed by atoms with E-state index in [4.69, 9.17) is 0 Å². The molecule has 0 bridgehead atoms. The van der Waals surface area contributed by atoms with Gasteiger partial charge in [0.2, 0.25) is 0 Å². The summed E-state index contributed by atoms with van der Waals surface area (Å²) < 4.78 is 5.42. The second-order valence-corrected chi connectivity index (χ2v) is 14.9. The maximum absolute atomic E-state index is 2.47. The smallest absolute Gasteiger partial charge is 0.0441 e. The van der Waals surface area contributed by atoms with Crippen LogP contribution in [0.1, 0.15) is 0 Å². The molecule has 0 aliphatic carbocycles. The minimum absolute atomic E-state index is 1.25. The third kappa shape index (κ3) is 3.65. The van der Waals surface area contributed by atoms with Crippen LogP contribution in [0, 0.1) is 0 Å². The van der Waals surface area contributed by atoms with Crippen molar-refractivity contribution in [2.75, 3.05) is 0 Å². The van der Waals surface area contributed by atoms with Gasteiger partial charge >= 0.3 is 0 Å². The molecule has 0 spiro atoms. The molecule has 0 aliphatic heterocycles. The van der Waals surface area contributed by atoms with Crippen molar-refractivity contribution in [2.24, 2.45) is 0 Å². The number of hydrogen-bond acceptors (Lipinski definition) is 2. The van der Waals surface area contributed by atoms with Crippen LogP contribution in [0.2, 0.25) is 0 Å². The Morgan fingerprint density at radius 1 is 0.292 bits per heavy atom. The summed E-state index contributed by atoms with van der Waals surface area (Å²) in [5, 5.41) is 15.7. The Kier molecular flexibility index (Phi) is 5.51. The first-order chi connectivity index (χ1) is 23.8. The van der Waals surface area contributed by atoms with Crippen LogP contribution in [0.25, 0.3) is 106 Å². The van der Waals surface area contributed by atoms with E-state index >= 15 is 0 Å². The first-order valence-electron chi connectivity index (χ1n) is 16.4. The molecule has 0 N–H and O–H groups in total. The van der Waals surface area contributed by atoms with E-state index in [0.717, 1.165) is 0 Å². The number of thiophene rings is 2. The molecule has 2 aromatic heterocycles. The van der Waals surface area contributed by atoms with Crippen LogP contribution >= 0.6 is 22.7 Å². The van der Waals surface area contributed by atoms with Crippen molar-refractivity contribution in [2.45, 2.75) is 0 Å². The van der Waals surface area contributed by atoms with Crippen molar-refractivity contribution in [3.05, 3.63) is 158 Å². The second kappa shape index (κ2) is 9.98. The molecule has 48 heavy (non-hydrogen) atoms. The molecule has 11 aromatic rings. The van der Waals surface area contributed by atoms with Crippen molar-refractivity contribution in [3.8, 4) is 22.3 Å². The van der Waals surface area contributed by atoms with E-state index < -0.39 is 0 Å². The van der Waals surface area contributed by atoms with Gasteiger partial charge in [-0.2, -0.15) is 0 Å². The Hall–Kier alpha value is -5.54. The molecule has 0 saturated carbocycles. The predicted octanol–water partition coefficient (Wildman–Crippen LogP) is 14.4. The van der Waals surface area contributed by atoms with Gasteiger partial charge in [-0.25, -0.2) is 0 Å². The molecule has 0 fully saturated rings. The first-order valence-corrected chi connectivity index (χ1v) is 18.1. The van der Waals surface area contributed by atoms with Gasteiger partial charge in [-0.3, -0.25) is 0 Å². The fourth-order valence-electron chi connectivity index (χ4n) is 8.13. The lowest BCUT2D eigenvalue weighted by molar-refractivity contribution is 1.70. The van der Waals surface area contributed by atoms with Crippen LogP contribution in [0.5, 0.6) is 0 Å². The van der Waals surface area contributed by atoms with Crippen LogP contribution in [0.15, 0.2) is 158 Å². The third-order valence-corrected chi connectivity index (χ3v) is 12.6. The number of benzene rings is 9. The van der Waals surface area contributed by atoms with Gasteiger partial charge in [0, 0.05) is 45.9 Å². The molecule has 0 atom stereocenters. The lowest BCUT2D eigenvalue weighted by Crippen LogP contribution is -1.91. The van der Waals surface area contributed by atoms with Gasteiger partial charge in [-0.1, -0.05) is 140 Å². The zero-order valence-corrected chi connectivity index (χ0v) is 27.5. The molecule has 0 amide bonds. The predicted molar refractivity (Wildman–Crippen MR) is 213 cm³/mol. The van der Waals surface area contributed by atoms with Crippen molar-refractivity contribution >= 4 is 106 Å². The SMILES string of the molecule is c1ccc2cc(-c3c4ccccc4c(-c4c5sc6c7ccccc7ccc6c5cc5sc6ccccc6c45)c4ccccc34)ccc2c1. The molecule has 0 aliphatic rings. The Bertz CT molecular complexity index is 3060. The highest BCUT2D eigenvalue weighted by Crippen LogP contribution is 2.53. The van der Waals surface area contributed by atoms with E-state index in [0.29, 0.717) is 0 Å². The summed E-state index contributed by atoms with van der Waals surface area (Å²) in [6, 6.07) is 58.7. The first kappa shape index (κ1) is 26.5. The van der Waals surface area contributed by atoms with Crippen LogP contribution in [0.3, 0.4) is 0 Å². The van der Waals surface area contributed by atoms with Crippen LogP contribution in [0.4, 0.5) is 0 Å². The maximum Gasteiger partial charge on any atom is 0.0441 e. The van der Waals surface area contributed by atoms with Gasteiger partial charge in [-0.15, -0.1) is 22.7 Å². The molecule has 9 aromatic carbocycles. The molecule has 0 radical (unpaired) electrons. The van der Waals surface area contributed by atoms with E-state index in [1.165, 1.54) is 106 Å². The summed E-state index contributed by atoms with van der Waals surface area (Å²) in [5.41, 5.74) is 5.26. The van der Waals surface area contributed by atoms with Crippen molar-refractivity contribution in [3.63, 3.8) is 0 Å². The molecule has 0 nitrogen and oxygen atoms in total. The quantitative estimate of drug-likeness (QED) is 0.165. The molecular formula is C46H26S2. The summed E-state index contributed by atoms with van der Waals surface area (Å²) in [6.07, 6.45) is 0. The number of rotatable bonds is 2. The molecule has 222 valence electrons. The fraction of sp³-hybridized carbons (Fsp3) is 0. The van der Waals surface area contributed by atoms with Gasteiger partial charge < -0.3 is 0 Å². The Morgan fingerprint density at radius 3 is 1.62 bits per heavy atom. The van der Waals surface area contributed by atoms with Gasteiger partial charge in [-0.05, 0) is 78.0 Å². The van der Waals surface area contributed by atoms with E-state index in [-0.39, 0.29) is 0 Å². The van der Waals surface area contributed by atoms with E-state index in [1.54, 1.807) is 0 Å². The summed E-state index contributed by atoms with van der Waals surface area (Å²) in [5.74, 6) is 0.